The molecule has 0 spiro atoms. The lowest BCUT2D eigenvalue weighted by molar-refractivity contribution is 0.0966. The lowest BCUT2D eigenvalue weighted by Crippen LogP contribution is -2.30. The predicted octanol–water partition coefficient (Wildman–Crippen LogP) is 1.95. The van der Waals surface area contributed by atoms with Gasteiger partial charge in [0.25, 0.3) is 0 Å². The van der Waals surface area contributed by atoms with Gasteiger partial charge in [-0.1, -0.05) is 0 Å². The third kappa shape index (κ3) is 2.64. The highest BCUT2D eigenvalue weighted by Gasteiger charge is 2.19. The minimum atomic E-state index is 0.0549. The SMILES string of the molecule is COc1ccc(C(=O)CN2CCCC2=N)cc1. The highest BCUT2D eigenvalue weighted by molar-refractivity contribution is 5.99. The first-order valence-corrected chi connectivity index (χ1v) is 5.70. The van der Waals surface area contributed by atoms with Crippen LogP contribution in [-0.2, 0) is 0 Å². The van der Waals surface area contributed by atoms with Crippen LogP contribution < -0.4 is 4.74 Å². The zero-order valence-electron chi connectivity index (χ0n) is 9.90. The Morgan fingerprint density at radius 3 is 2.65 bits per heavy atom. The van der Waals surface area contributed by atoms with Crippen LogP contribution in [0.15, 0.2) is 24.3 Å². The number of ketones is 1. The largest absolute Gasteiger partial charge is 0.497 e. The van der Waals surface area contributed by atoms with Crippen molar-refractivity contribution in [3.8, 4) is 5.75 Å². The summed E-state index contributed by atoms with van der Waals surface area (Å²) in [4.78, 5) is 13.8. The van der Waals surface area contributed by atoms with Crippen LogP contribution in [0.1, 0.15) is 23.2 Å². The van der Waals surface area contributed by atoms with Crippen molar-refractivity contribution in [2.45, 2.75) is 12.8 Å². The fraction of sp³-hybridized carbons (Fsp3) is 0.385. The Hall–Kier alpha value is -1.84. The molecule has 0 aromatic heterocycles. The second kappa shape index (κ2) is 4.99. The van der Waals surface area contributed by atoms with E-state index in [4.69, 9.17) is 10.1 Å². The molecule has 0 atom stereocenters. The lowest BCUT2D eigenvalue weighted by atomic mass is 10.1. The third-order valence-electron chi connectivity index (χ3n) is 2.97. The van der Waals surface area contributed by atoms with Gasteiger partial charge in [-0.15, -0.1) is 0 Å². The van der Waals surface area contributed by atoms with Crippen LogP contribution in [0.3, 0.4) is 0 Å². The average Bonchev–Trinajstić information content (AvgIpc) is 2.75. The van der Waals surface area contributed by atoms with E-state index in [1.807, 2.05) is 4.90 Å². The van der Waals surface area contributed by atoms with Crippen LogP contribution in [0, 0.1) is 5.41 Å². The number of Topliss-reactive ketones (excluding diaryl/α,β-unsaturated/α-hetero) is 1. The molecule has 90 valence electrons. The highest BCUT2D eigenvalue weighted by atomic mass is 16.5. The summed E-state index contributed by atoms with van der Waals surface area (Å²) in [5.41, 5.74) is 0.672. The molecule has 2 rings (SSSR count). The van der Waals surface area contributed by atoms with Crippen LogP contribution in [0.4, 0.5) is 0 Å². The second-order valence-corrected chi connectivity index (χ2v) is 4.12. The van der Waals surface area contributed by atoms with Gasteiger partial charge in [-0.2, -0.15) is 0 Å². The minimum Gasteiger partial charge on any atom is -0.497 e. The number of carbonyl (C=O) groups excluding carboxylic acids is 1. The van der Waals surface area contributed by atoms with E-state index in [0.717, 1.165) is 25.1 Å². The van der Waals surface area contributed by atoms with E-state index in [9.17, 15) is 4.79 Å². The molecule has 1 fully saturated rings. The standard InChI is InChI=1S/C13H16N2O2/c1-17-11-6-4-10(5-7-11)12(16)9-15-8-2-3-13(15)14/h4-7,14H,2-3,8-9H2,1H3. The van der Waals surface area contributed by atoms with E-state index in [1.165, 1.54) is 0 Å². The van der Waals surface area contributed by atoms with Gasteiger partial charge >= 0.3 is 0 Å². The van der Waals surface area contributed by atoms with E-state index >= 15 is 0 Å². The summed E-state index contributed by atoms with van der Waals surface area (Å²) in [5.74, 6) is 1.38. The first kappa shape index (κ1) is 11.6. The number of hydrogen-bond acceptors (Lipinski definition) is 3. The third-order valence-corrected chi connectivity index (χ3v) is 2.97. The predicted molar refractivity (Wildman–Crippen MR) is 65.9 cm³/mol. The van der Waals surface area contributed by atoms with Crippen molar-refractivity contribution < 1.29 is 9.53 Å². The van der Waals surface area contributed by atoms with Gasteiger partial charge in [-0.3, -0.25) is 10.2 Å². The number of amidine groups is 1. The van der Waals surface area contributed by atoms with E-state index in [2.05, 4.69) is 0 Å². The topological polar surface area (TPSA) is 53.4 Å². The summed E-state index contributed by atoms with van der Waals surface area (Å²) in [6.45, 7) is 1.13. The van der Waals surface area contributed by atoms with Crippen LogP contribution in [0.2, 0.25) is 0 Å². The first-order valence-electron chi connectivity index (χ1n) is 5.70. The van der Waals surface area contributed by atoms with E-state index in [1.54, 1.807) is 31.4 Å². The Bertz CT molecular complexity index is 426. The van der Waals surface area contributed by atoms with Crippen LogP contribution in [0.5, 0.6) is 5.75 Å². The number of benzene rings is 1. The quantitative estimate of drug-likeness (QED) is 0.807. The molecule has 4 heteroatoms. The molecule has 1 aliphatic rings. The van der Waals surface area contributed by atoms with Gasteiger partial charge in [0.15, 0.2) is 5.78 Å². The Labute approximate surface area is 101 Å². The summed E-state index contributed by atoms with van der Waals surface area (Å²) >= 11 is 0. The Kier molecular flexibility index (Phi) is 3.42. The van der Waals surface area contributed by atoms with Gasteiger partial charge in [0.05, 0.1) is 19.5 Å². The van der Waals surface area contributed by atoms with Gasteiger partial charge in [0.1, 0.15) is 5.75 Å². The van der Waals surface area contributed by atoms with Crippen molar-refractivity contribution in [3.63, 3.8) is 0 Å². The summed E-state index contributed by atoms with van der Waals surface area (Å²) in [7, 11) is 1.60. The maximum Gasteiger partial charge on any atom is 0.182 e. The van der Waals surface area contributed by atoms with Gasteiger partial charge in [0, 0.05) is 18.5 Å². The molecule has 0 aliphatic carbocycles. The van der Waals surface area contributed by atoms with E-state index in [0.29, 0.717) is 17.9 Å². The number of likely N-dealkylation sites (tertiary alicyclic amines) is 1. The Morgan fingerprint density at radius 2 is 2.12 bits per heavy atom. The monoisotopic (exact) mass is 232 g/mol. The van der Waals surface area contributed by atoms with Gasteiger partial charge in [-0.25, -0.2) is 0 Å². The second-order valence-electron chi connectivity index (χ2n) is 4.12. The minimum absolute atomic E-state index is 0.0549. The molecule has 0 bridgehead atoms. The van der Waals surface area contributed by atoms with Gasteiger partial charge in [0.2, 0.25) is 0 Å². The molecular weight excluding hydrogens is 216 g/mol. The summed E-state index contributed by atoms with van der Waals surface area (Å²) in [5, 5.41) is 7.68. The van der Waals surface area contributed by atoms with Gasteiger partial charge < -0.3 is 9.64 Å². The van der Waals surface area contributed by atoms with Crippen molar-refractivity contribution in [1.82, 2.24) is 4.90 Å². The normalized spacial score (nSPS) is 15.1. The number of ether oxygens (including phenoxy) is 1. The molecule has 17 heavy (non-hydrogen) atoms. The molecule has 0 radical (unpaired) electrons. The van der Waals surface area contributed by atoms with Crippen molar-refractivity contribution in [3.05, 3.63) is 29.8 Å². The zero-order valence-corrected chi connectivity index (χ0v) is 9.90. The zero-order chi connectivity index (χ0) is 12.3. The number of nitrogens with one attached hydrogen (secondary N) is 1. The van der Waals surface area contributed by atoms with Crippen molar-refractivity contribution in [1.29, 1.82) is 5.41 Å². The maximum absolute atomic E-state index is 12.0. The molecule has 1 aromatic carbocycles. The molecule has 1 N–H and O–H groups in total. The van der Waals surface area contributed by atoms with Crippen molar-refractivity contribution in [2.75, 3.05) is 20.2 Å². The summed E-state index contributed by atoms with van der Waals surface area (Å²) in [6, 6.07) is 7.09. The van der Waals surface area contributed by atoms with Crippen molar-refractivity contribution in [2.24, 2.45) is 0 Å². The fourth-order valence-electron chi connectivity index (χ4n) is 1.95. The van der Waals surface area contributed by atoms with E-state index < -0.39 is 0 Å². The number of rotatable bonds is 4. The van der Waals surface area contributed by atoms with Crippen LogP contribution in [-0.4, -0.2) is 36.7 Å². The molecule has 1 saturated heterocycles. The average molecular weight is 232 g/mol. The Morgan fingerprint density at radius 1 is 1.41 bits per heavy atom. The first-order chi connectivity index (χ1) is 8.20. The molecule has 1 aliphatic heterocycles. The van der Waals surface area contributed by atoms with Crippen molar-refractivity contribution >= 4 is 11.6 Å². The number of nitrogens with zero attached hydrogens (tertiary/aromatic N) is 1. The number of hydrogen-bond donors (Lipinski definition) is 1. The molecule has 0 amide bonds. The van der Waals surface area contributed by atoms with Gasteiger partial charge in [-0.05, 0) is 30.7 Å². The molecule has 0 saturated carbocycles. The maximum atomic E-state index is 12.0. The molecular formula is C13H16N2O2. The molecule has 0 unspecified atom stereocenters. The summed E-state index contributed by atoms with van der Waals surface area (Å²) < 4.78 is 5.04. The fourth-order valence-corrected chi connectivity index (χ4v) is 1.95. The van der Waals surface area contributed by atoms with E-state index in [-0.39, 0.29) is 5.78 Å². The lowest BCUT2D eigenvalue weighted by Gasteiger charge is -2.16. The number of carbonyl (C=O) groups is 1. The molecule has 1 heterocycles. The molecule has 1 aromatic rings. The Balaban J connectivity index is 2.01. The highest BCUT2D eigenvalue weighted by Crippen LogP contribution is 2.14. The van der Waals surface area contributed by atoms with Crippen LogP contribution >= 0.6 is 0 Å². The van der Waals surface area contributed by atoms with Crippen LogP contribution in [0.25, 0.3) is 0 Å². The smallest absolute Gasteiger partial charge is 0.182 e. The summed E-state index contributed by atoms with van der Waals surface area (Å²) in [6.07, 6.45) is 1.77. The number of methoxy groups -OCH3 is 1. The molecule has 4 nitrogen and oxygen atoms in total.